The van der Waals surface area contributed by atoms with E-state index in [9.17, 15) is 9.59 Å². The molecule has 1 saturated carbocycles. The van der Waals surface area contributed by atoms with E-state index in [1.54, 1.807) is 0 Å². The maximum atomic E-state index is 12.4. The van der Waals surface area contributed by atoms with Gasteiger partial charge in [0.2, 0.25) is 5.91 Å². The second-order valence-electron chi connectivity index (χ2n) is 6.53. The maximum Gasteiger partial charge on any atom is 0.251 e. The molecule has 2 aliphatic heterocycles. The van der Waals surface area contributed by atoms with E-state index in [1.165, 1.54) is 12.8 Å². The summed E-state index contributed by atoms with van der Waals surface area (Å²) in [5.41, 5.74) is 2.44. The smallest absolute Gasteiger partial charge is 0.251 e. The molecular weight excluding hydrogens is 278 g/mol. The first-order chi connectivity index (χ1) is 10.7. The van der Waals surface area contributed by atoms with Crippen LogP contribution in [-0.4, -0.2) is 30.4 Å². The summed E-state index contributed by atoms with van der Waals surface area (Å²) in [6.07, 6.45) is 6.49. The van der Waals surface area contributed by atoms with Crippen molar-refractivity contribution >= 4 is 23.2 Å². The van der Waals surface area contributed by atoms with E-state index >= 15 is 0 Å². The second-order valence-corrected chi connectivity index (χ2v) is 6.53. The third-order valence-corrected chi connectivity index (χ3v) is 5.07. The first-order valence-electron chi connectivity index (χ1n) is 8.25. The molecule has 4 rings (SSSR count). The van der Waals surface area contributed by atoms with Crippen LogP contribution in [-0.2, 0) is 4.79 Å². The Morgan fingerprint density at radius 2 is 2.00 bits per heavy atom. The number of carbonyl (C=O) groups is 2. The number of nitrogens with zero attached hydrogens (tertiary/aromatic N) is 1. The minimum absolute atomic E-state index is 0.0347. The van der Waals surface area contributed by atoms with Crippen molar-refractivity contribution in [2.45, 2.75) is 50.6 Å². The van der Waals surface area contributed by atoms with Crippen molar-refractivity contribution in [3.8, 4) is 0 Å². The van der Waals surface area contributed by atoms with Gasteiger partial charge in [-0.05, 0) is 43.9 Å². The molecule has 1 aromatic carbocycles. The fourth-order valence-corrected chi connectivity index (χ4v) is 3.91. The van der Waals surface area contributed by atoms with Gasteiger partial charge in [0.05, 0.1) is 11.4 Å². The van der Waals surface area contributed by atoms with Gasteiger partial charge in [0.15, 0.2) is 0 Å². The van der Waals surface area contributed by atoms with E-state index in [2.05, 4.69) is 15.5 Å². The Morgan fingerprint density at radius 1 is 1.18 bits per heavy atom. The molecule has 0 unspecified atom stereocenters. The third kappa shape index (κ3) is 2.25. The van der Waals surface area contributed by atoms with Crippen LogP contribution in [0, 0.1) is 0 Å². The molecule has 2 amide bonds. The molecule has 1 saturated heterocycles. The van der Waals surface area contributed by atoms with Crippen LogP contribution in [0.2, 0.25) is 0 Å². The third-order valence-electron chi connectivity index (χ3n) is 5.07. The lowest BCUT2D eigenvalue weighted by molar-refractivity contribution is -0.117. The van der Waals surface area contributed by atoms with Gasteiger partial charge < -0.3 is 15.5 Å². The Kier molecular flexibility index (Phi) is 3.28. The zero-order chi connectivity index (χ0) is 15.1. The molecule has 22 heavy (non-hydrogen) atoms. The largest absolute Gasteiger partial charge is 0.358 e. The second kappa shape index (κ2) is 5.30. The van der Waals surface area contributed by atoms with Crippen molar-refractivity contribution in [2.75, 3.05) is 16.8 Å². The molecule has 1 atom stereocenters. The van der Waals surface area contributed by atoms with Crippen molar-refractivity contribution in [3.05, 3.63) is 23.8 Å². The summed E-state index contributed by atoms with van der Waals surface area (Å²) in [7, 11) is 0. The number of hydrogen-bond donors (Lipinski definition) is 2. The summed E-state index contributed by atoms with van der Waals surface area (Å²) < 4.78 is 0. The van der Waals surface area contributed by atoms with E-state index in [1.807, 2.05) is 18.2 Å². The Morgan fingerprint density at radius 3 is 2.82 bits per heavy atom. The standard InChI is InChI=1S/C17H21N3O2/c21-16(18-12-4-1-2-5-12)11-7-8-14-13(10-11)19-17(22)15-6-3-9-20(14)15/h7-8,10,12,15H,1-6,9H2,(H,18,21)(H,19,22)/t15-/m1/s1. The molecule has 116 valence electrons. The molecule has 0 radical (unpaired) electrons. The van der Waals surface area contributed by atoms with Crippen LogP contribution >= 0.6 is 0 Å². The van der Waals surface area contributed by atoms with Crippen LogP contribution in [0.5, 0.6) is 0 Å². The average molecular weight is 299 g/mol. The summed E-state index contributed by atoms with van der Waals surface area (Å²) >= 11 is 0. The van der Waals surface area contributed by atoms with Crippen molar-refractivity contribution in [3.63, 3.8) is 0 Å². The van der Waals surface area contributed by atoms with E-state index in [0.29, 0.717) is 11.6 Å². The highest BCUT2D eigenvalue weighted by Gasteiger charge is 2.36. The number of hydrogen-bond acceptors (Lipinski definition) is 3. The van der Waals surface area contributed by atoms with Crippen LogP contribution in [0.15, 0.2) is 18.2 Å². The van der Waals surface area contributed by atoms with Gasteiger partial charge in [0.1, 0.15) is 6.04 Å². The van der Waals surface area contributed by atoms with Gasteiger partial charge in [-0.25, -0.2) is 0 Å². The summed E-state index contributed by atoms with van der Waals surface area (Å²) in [6.45, 7) is 0.915. The Hall–Kier alpha value is -2.04. The highest BCUT2D eigenvalue weighted by molar-refractivity contribution is 6.06. The molecule has 5 nitrogen and oxygen atoms in total. The van der Waals surface area contributed by atoms with Crippen LogP contribution in [0.1, 0.15) is 48.9 Å². The molecule has 2 heterocycles. The van der Waals surface area contributed by atoms with Crippen molar-refractivity contribution in [1.29, 1.82) is 0 Å². The molecule has 5 heteroatoms. The van der Waals surface area contributed by atoms with Crippen LogP contribution < -0.4 is 15.5 Å². The van der Waals surface area contributed by atoms with Gasteiger partial charge >= 0.3 is 0 Å². The van der Waals surface area contributed by atoms with Gasteiger partial charge in [-0.15, -0.1) is 0 Å². The van der Waals surface area contributed by atoms with E-state index in [4.69, 9.17) is 0 Å². The minimum Gasteiger partial charge on any atom is -0.358 e. The van der Waals surface area contributed by atoms with Gasteiger partial charge in [-0.1, -0.05) is 12.8 Å². The highest BCUT2D eigenvalue weighted by atomic mass is 16.2. The fourth-order valence-electron chi connectivity index (χ4n) is 3.91. The molecule has 1 aromatic rings. The number of benzene rings is 1. The topological polar surface area (TPSA) is 61.4 Å². The predicted molar refractivity (Wildman–Crippen MR) is 85.2 cm³/mol. The molecule has 3 aliphatic rings. The molecule has 0 spiro atoms. The number of anilines is 2. The Labute approximate surface area is 130 Å². The van der Waals surface area contributed by atoms with Crippen LogP contribution in [0.25, 0.3) is 0 Å². The average Bonchev–Trinajstić information content (AvgIpc) is 3.18. The van der Waals surface area contributed by atoms with Crippen molar-refractivity contribution in [1.82, 2.24) is 5.32 Å². The lowest BCUT2D eigenvalue weighted by atomic mass is 10.1. The van der Waals surface area contributed by atoms with Crippen molar-refractivity contribution in [2.24, 2.45) is 0 Å². The lowest BCUT2D eigenvalue weighted by Crippen LogP contribution is -2.44. The van der Waals surface area contributed by atoms with E-state index in [-0.39, 0.29) is 17.9 Å². The monoisotopic (exact) mass is 299 g/mol. The summed E-state index contributed by atoms with van der Waals surface area (Å²) in [6, 6.07) is 5.92. The maximum absolute atomic E-state index is 12.4. The number of rotatable bonds is 2. The van der Waals surface area contributed by atoms with Gasteiger partial charge in [-0.2, -0.15) is 0 Å². The van der Waals surface area contributed by atoms with Gasteiger partial charge in [0.25, 0.3) is 5.91 Å². The predicted octanol–water partition coefficient (Wildman–Crippen LogP) is 2.28. The Bertz CT molecular complexity index is 622. The number of nitrogens with one attached hydrogen (secondary N) is 2. The van der Waals surface area contributed by atoms with Crippen LogP contribution in [0.3, 0.4) is 0 Å². The molecule has 1 aliphatic carbocycles. The number of fused-ring (bicyclic) bond motifs is 3. The molecule has 0 aromatic heterocycles. The number of amides is 2. The summed E-state index contributed by atoms with van der Waals surface area (Å²) in [5.74, 6) is 0.0193. The number of carbonyl (C=O) groups excluding carboxylic acids is 2. The summed E-state index contributed by atoms with van der Waals surface area (Å²) in [4.78, 5) is 26.7. The normalized spacial score (nSPS) is 23.9. The first kappa shape index (κ1) is 13.6. The first-order valence-corrected chi connectivity index (χ1v) is 8.25. The zero-order valence-corrected chi connectivity index (χ0v) is 12.6. The summed E-state index contributed by atoms with van der Waals surface area (Å²) in [5, 5.41) is 6.05. The van der Waals surface area contributed by atoms with Gasteiger partial charge in [-0.3, -0.25) is 9.59 Å². The fraction of sp³-hybridized carbons (Fsp3) is 0.529. The Balaban J connectivity index is 1.57. The minimum atomic E-state index is -0.0364. The molecular formula is C17H21N3O2. The molecule has 2 fully saturated rings. The van der Waals surface area contributed by atoms with Crippen LogP contribution in [0.4, 0.5) is 11.4 Å². The zero-order valence-electron chi connectivity index (χ0n) is 12.6. The SMILES string of the molecule is O=C(NC1CCCC1)c1ccc2c(c1)NC(=O)[C@H]1CCCN21. The quantitative estimate of drug-likeness (QED) is 0.880. The lowest BCUT2D eigenvalue weighted by Gasteiger charge is -2.33. The molecule has 0 bridgehead atoms. The van der Waals surface area contributed by atoms with E-state index in [0.717, 1.165) is 43.6 Å². The van der Waals surface area contributed by atoms with Gasteiger partial charge in [0, 0.05) is 18.2 Å². The highest BCUT2D eigenvalue weighted by Crippen LogP contribution is 2.37. The molecule has 2 N–H and O–H groups in total. The van der Waals surface area contributed by atoms with Crippen molar-refractivity contribution < 1.29 is 9.59 Å². The van der Waals surface area contributed by atoms with E-state index < -0.39 is 0 Å².